The van der Waals surface area contributed by atoms with Crippen LogP contribution in [0.15, 0.2) is 18.3 Å². The molecule has 0 aliphatic rings. The average molecular weight is 296 g/mol. The molecule has 1 aromatic heterocycles. The molecule has 0 aliphatic carbocycles. The molecule has 0 aromatic carbocycles. The maximum absolute atomic E-state index is 12.4. The van der Waals surface area contributed by atoms with E-state index in [-0.39, 0.29) is 24.5 Å². The minimum Gasteiger partial charge on any atom is -0.480 e. The molecule has 0 radical (unpaired) electrons. The van der Waals surface area contributed by atoms with Crippen molar-refractivity contribution in [1.29, 1.82) is 0 Å². The van der Waals surface area contributed by atoms with Gasteiger partial charge in [-0.15, -0.1) is 0 Å². The van der Waals surface area contributed by atoms with Crippen molar-refractivity contribution in [3.05, 3.63) is 23.9 Å². The van der Waals surface area contributed by atoms with Gasteiger partial charge in [-0.3, -0.25) is 14.4 Å². The van der Waals surface area contributed by atoms with Gasteiger partial charge in [0, 0.05) is 6.20 Å². The largest absolute Gasteiger partial charge is 0.480 e. The fourth-order valence-corrected chi connectivity index (χ4v) is 1.53. The first-order valence-electron chi connectivity index (χ1n) is 5.95. The Bertz CT molecular complexity index is 513. The Morgan fingerprint density at radius 2 is 1.67 bits per heavy atom. The third-order valence-electron chi connectivity index (χ3n) is 2.58. The van der Waals surface area contributed by atoms with Crippen LogP contribution in [0, 0.1) is 0 Å². The minimum atomic E-state index is -0.657. The van der Waals surface area contributed by atoms with E-state index in [2.05, 4.69) is 14.5 Å². The number of rotatable bonds is 6. The lowest BCUT2D eigenvalue weighted by Crippen LogP contribution is -2.40. The molecule has 0 fully saturated rings. The van der Waals surface area contributed by atoms with Crippen molar-refractivity contribution in [3.63, 3.8) is 0 Å². The Morgan fingerprint density at radius 1 is 1.10 bits per heavy atom. The van der Waals surface area contributed by atoms with Crippen LogP contribution < -0.4 is 4.74 Å². The van der Waals surface area contributed by atoms with Crippen LogP contribution in [0.4, 0.5) is 0 Å². The second kappa shape index (κ2) is 7.83. The Kier molecular flexibility index (Phi) is 6.12. The average Bonchev–Trinajstić information content (AvgIpc) is 2.52. The van der Waals surface area contributed by atoms with Crippen molar-refractivity contribution in [2.75, 3.05) is 34.4 Å². The molecule has 1 aromatic rings. The lowest BCUT2D eigenvalue weighted by molar-refractivity contribution is -0.144. The number of esters is 2. The van der Waals surface area contributed by atoms with E-state index in [9.17, 15) is 14.4 Å². The number of methoxy groups -OCH3 is 3. The second-order valence-electron chi connectivity index (χ2n) is 3.87. The summed E-state index contributed by atoms with van der Waals surface area (Å²) in [6.07, 6.45) is 1.46. The van der Waals surface area contributed by atoms with Crippen molar-refractivity contribution in [1.82, 2.24) is 9.88 Å². The number of carbonyl (C=O) groups is 3. The number of hydrogen-bond acceptors (Lipinski definition) is 7. The van der Waals surface area contributed by atoms with Crippen LogP contribution in [-0.4, -0.2) is 62.1 Å². The van der Waals surface area contributed by atoms with Crippen molar-refractivity contribution in [3.8, 4) is 5.88 Å². The van der Waals surface area contributed by atoms with E-state index in [1.807, 2.05) is 0 Å². The van der Waals surface area contributed by atoms with Crippen LogP contribution in [0.5, 0.6) is 5.88 Å². The molecule has 114 valence electrons. The number of aromatic nitrogens is 1. The molecule has 1 amide bonds. The predicted octanol–water partition coefficient (Wildman–Crippen LogP) is -0.122. The minimum absolute atomic E-state index is 0.0993. The van der Waals surface area contributed by atoms with Crippen LogP contribution in [-0.2, 0) is 19.1 Å². The van der Waals surface area contributed by atoms with Gasteiger partial charge in [-0.25, -0.2) is 4.98 Å². The van der Waals surface area contributed by atoms with E-state index in [0.29, 0.717) is 0 Å². The summed E-state index contributed by atoms with van der Waals surface area (Å²) in [6, 6.07) is 3.03. The highest BCUT2D eigenvalue weighted by atomic mass is 16.5. The predicted molar refractivity (Wildman–Crippen MR) is 70.7 cm³/mol. The quantitative estimate of drug-likeness (QED) is 0.675. The molecule has 8 nitrogen and oxygen atoms in total. The number of ether oxygens (including phenoxy) is 3. The summed E-state index contributed by atoms with van der Waals surface area (Å²) >= 11 is 0. The lowest BCUT2D eigenvalue weighted by Gasteiger charge is -2.20. The van der Waals surface area contributed by atoms with Gasteiger partial charge in [-0.1, -0.05) is 0 Å². The fourth-order valence-electron chi connectivity index (χ4n) is 1.53. The molecule has 0 unspecified atom stereocenters. The Balaban J connectivity index is 3.03. The standard InChI is InChI=1S/C13H16N2O6/c1-19-10(16)7-15(8-11(17)20-2)13(18)9-5-4-6-14-12(9)21-3/h4-6H,7-8H2,1-3H3. The molecular weight excluding hydrogens is 280 g/mol. The molecule has 0 N–H and O–H groups in total. The van der Waals surface area contributed by atoms with Gasteiger partial charge in [0.2, 0.25) is 5.88 Å². The van der Waals surface area contributed by atoms with Gasteiger partial charge in [0.25, 0.3) is 5.91 Å². The Hall–Kier alpha value is -2.64. The van der Waals surface area contributed by atoms with Gasteiger partial charge < -0.3 is 19.1 Å². The van der Waals surface area contributed by atoms with E-state index in [1.54, 1.807) is 6.07 Å². The first kappa shape index (κ1) is 16.4. The zero-order chi connectivity index (χ0) is 15.8. The maximum Gasteiger partial charge on any atom is 0.325 e. The fraction of sp³-hybridized carbons (Fsp3) is 0.385. The van der Waals surface area contributed by atoms with E-state index < -0.39 is 17.8 Å². The van der Waals surface area contributed by atoms with Crippen LogP contribution in [0.25, 0.3) is 0 Å². The summed E-state index contributed by atoms with van der Waals surface area (Å²) in [7, 11) is 3.74. The number of carbonyl (C=O) groups excluding carboxylic acids is 3. The van der Waals surface area contributed by atoms with Crippen LogP contribution in [0.2, 0.25) is 0 Å². The SMILES string of the molecule is COC(=O)CN(CC(=O)OC)C(=O)c1cccnc1OC. The first-order chi connectivity index (χ1) is 10.0. The summed E-state index contributed by atoms with van der Waals surface area (Å²) in [6.45, 7) is -0.773. The summed E-state index contributed by atoms with van der Waals surface area (Å²) in [5, 5.41) is 0. The second-order valence-corrected chi connectivity index (χ2v) is 3.87. The van der Waals surface area contributed by atoms with E-state index >= 15 is 0 Å². The van der Waals surface area contributed by atoms with Gasteiger partial charge in [-0.2, -0.15) is 0 Å². The van der Waals surface area contributed by atoms with Gasteiger partial charge in [0.05, 0.1) is 21.3 Å². The normalized spacial score (nSPS) is 9.67. The Labute approximate surface area is 121 Å². The van der Waals surface area contributed by atoms with Gasteiger partial charge in [-0.05, 0) is 12.1 Å². The molecule has 0 atom stereocenters. The molecule has 0 aliphatic heterocycles. The smallest absolute Gasteiger partial charge is 0.325 e. The van der Waals surface area contributed by atoms with Gasteiger partial charge >= 0.3 is 11.9 Å². The highest BCUT2D eigenvalue weighted by molar-refractivity contribution is 5.99. The van der Waals surface area contributed by atoms with Crippen LogP contribution in [0.1, 0.15) is 10.4 Å². The highest BCUT2D eigenvalue weighted by Crippen LogP contribution is 2.16. The molecule has 0 saturated heterocycles. The molecule has 0 spiro atoms. The number of nitrogens with zero attached hydrogens (tertiary/aromatic N) is 2. The summed E-state index contributed by atoms with van der Waals surface area (Å²) in [5.74, 6) is -1.80. The number of pyridine rings is 1. The maximum atomic E-state index is 12.4. The lowest BCUT2D eigenvalue weighted by atomic mass is 10.2. The summed E-state index contributed by atoms with van der Waals surface area (Å²) in [4.78, 5) is 40.0. The zero-order valence-corrected chi connectivity index (χ0v) is 12.0. The van der Waals surface area contributed by atoms with Crippen molar-refractivity contribution in [2.24, 2.45) is 0 Å². The van der Waals surface area contributed by atoms with Gasteiger partial charge in [0.1, 0.15) is 18.7 Å². The summed E-state index contributed by atoms with van der Waals surface area (Å²) < 4.78 is 14.0. The van der Waals surface area contributed by atoms with Crippen molar-refractivity contribution >= 4 is 17.8 Å². The molecule has 0 saturated carbocycles. The molecule has 21 heavy (non-hydrogen) atoms. The molecule has 1 heterocycles. The highest BCUT2D eigenvalue weighted by Gasteiger charge is 2.25. The van der Waals surface area contributed by atoms with Crippen molar-refractivity contribution < 1.29 is 28.6 Å². The van der Waals surface area contributed by atoms with E-state index in [4.69, 9.17) is 4.74 Å². The Morgan fingerprint density at radius 3 is 2.14 bits per heavy atom. The van der Waals surface area contributed by atoms with Crippen LogP contribution in [0.3, 0.4) is 0 Å². The molecular formula is C13H16N2O6. The first-order valence-corrected chi connectivity index (χ1v) is 5.95. The molecule has 0 bridgehead atoms. The van der Waals surface area contributed by atoms with Gasteiger partial charge in [0.15, 0.2) is 0 Å². The monoisotopic (exact) mass is 296 g/mol. The third-order valence-corrected chi connectivity index (χ3v) is 2.58. The number of hydrogen-bond donors (Lipinski definition) is 0. The van der Waals surface area contributed by atoms with E-state index in [1.165, 1.54) is 33.6 Å². The van der Waals surface area contributed by atoms with E-state index in [0.717, 1.165) is 4.90 Å². The van der Waals surface area contributed by atoms with Crippen LogP contribution >= 0.6 is 0 Å². The third kappa shape index (κ3) is 4.44. The zero-order valence-electron chi connectivity index (χ0n) is 12.0. The molecule has 8 heteroatoms. The van der Waals surface area contributed by atoms with Crippen molar-refractivity contribution in [2.45, 2.75) is 0 Å². The number of amides is 1. The molecule has 1 rings (SSSR count). The summed E-state index contributed by atoms with van der Waals surface area (Å²) in [5.41, 5.74) is 0.132. The topological polar surface area (TPSA) is 95.0 Å².